The molecule has 22 heavy (non-hydrogen) atoms. The molecule has 0 aliphatic carbocycles. The van der Waals surface area contributed by atoms with Crippen LogP contribution in [-0.2, 0) is 11.4 Å². The Morgan fingerprint density at radius 3 is 2.73 bits per heavy atom. The summed E-state index contributed by atoms with van der Waals surface area (Å²) in [5.74, 6) is 0.899. The van der Waals surface area contributed by atoms with Gasteiger partial charge in [-0.25, -0.2) is 4.68 Å². The minimum atomic E-state index is -0.323. The maximum atomic E-state index is 12.3. The Morgan fingerprint density at radius 1 is 1.27 bits per heavy atom. The Kier molecular flexibility index (Phi) is 4.37. The van der Waals surface area contributed by atoms with E-state index in [1.165, 1.54) is 0 Å². The zero-order valence-corrected chi connectivity index (χ0v) is 12.7. The molecule has 0 saturated carbocycles. The van der Waals surface area contributed by atoms with E-state index in [9.17, 15) is 4.79 Å². The lowest BCUT2D eigenvalue weighted by Crippen LogP contribution is -2.34. The number of ether oxygens (including phenoxy) is 1. The van der Waals surface area contributed by atoms with Crippen molar-refractivity contribution in [2.75, 3.05) is 13.1 Å². The van der Waals surface area contributed by atoms with Crippen molar-refractivity contribution in [3.8, 4) is 5.75 Å². The topological polar surface area (TPSA) is 60.2 Å². The molecule has 2 aromatic rings. The highest BCUT2D eigenvalue weighted by Crippen LogP contribution is 2.16. The Morgan fingerprint density at radius 2 is 2.00 bits per heavy atom. The van der Waals surface area contributed by atoms with Crippen molar-refractivity contribution in [1.29, 1.82) is 0 Å². The first-order valence-corrected chi connectivity index (χ1v) is 7.61. The van der Waals surface area contributed by atoms with Gasteiger partial charge in [-0.3, -0.25) is 4.79 Å². The SMILES string of the molecule is C[C@H](C(=O)N1CCCC1)n1cc(COc2ccccc2)nn1. The predicted octanol–water partition coefficient (Wildman–Crippen LogP) is 2.04. The number of nitrogens with zero attached hydrogens (tertiary/aromatic N) is 4. The van der Waals surface area contributed by atoms with Crippen molar-refractivity contribution in [3.05, 3.63) is 42.2 Å². The Balaban J connectivity index is 1.59. The molecular formula is C16H20N4O2. The Bertz CT molecular complexity index is 620. The third-order valence-electron chi connectivity index (χ3n) is 3.86. The van der Waals surface area contributed by atoms with Gasteiger partial charge in [0.1, 0.15) is 24.1 Å². The summed E-state index contributed by atoms with van der Waals surface area (Å²) in [6.07, 6.45) is 3.96. The molecule has 0 unspecified atom stereocenters. The molecule has 116 valence electrons. The van der Waals surface area contributed by atoms with Gasteiger partial charge in [0.05, 0.1) is 6.20 Å². The standard InChI is InChI=1S/C16H20N4O2/c1-13(16(21)19-9-5-6-10-19)20-11-14(17-18-20)12-22-15-7-3-2-4-8-15/h2-4,7-8,11,13H,5-6,9-10,12H2,1H3/t13-/m1/s1. The van der Waals surface area contributed by atoms with Gasteiger partial charge in [-0.05, 0) is 31.9 Å². The van der Waals surface area contributed by atoms with Crippen LogP contribution < -0.4 is 4.74 Å². The van der Waals surface area contributed by atoms with Crippen LogP contribution in [0.25, 0.3) is 0 Å². The van der Waals surface area contributed by atoms with Crippen LogP contribution in [0.5, 0.6) is 5.75 Å². The van der Waals surface area contributed by atoms with Gasteiger partial charge in [0.25, 0.3) is 0 Å². The molecule has 0 radical (unpaired) electrons. The van der Waals surface area contributed by atoms with Crippen LogP contribution in [0.15, 0.2) is 36.5 Å². The Hall–Kier alpha value is -2.37. The summed E-state index contributed by atoms with van der Waals surface area (Å²) >= 11 is 0. The average molecular weight is 300 g/mol. The molecule has 0 N–H and O–H groups in total. The summed E-state index contributed by atoms with van der Waals surface area (Å²) in [6.45, 7) is 3.90. The quantitative estimate of drug-likeness (QED) is 0.848. The number of aromatic nitrogens is 3. The largest absolute Gasteiger partial charge is 0.487 e. The van der Waals surface area contributed by atoms with E-state index in [1.807, 2.05) is 42.2 Å². The zero-order valence-electron chi connectivity index (χ0n) is 12.7. The molecular weight excluding hydrogens is 280 g/mol. The Labute approximate surface area is 129 Å². The molecule has 2 heterocycles. The second-order valence-electron chi connectivity index (χ2n) is 5.50. The molecule has 1 aliphatic heterocycles. The zero-order chi connectivity index (χ0) is 15.4. The van der Waals surface area contributed by atoms with Crippen LogP contribution in [0.2, 0.25) is 0 Å². The molecule has 1 atom stereocenters. The summed E-state index contributed by atoms with van der Waals surface area (Å²) < 4.78 is 7.25. The predicted molar refractivity (Wildman–Crippen MR) is 81.3 cm³/mol. The number of hydrogen-bond donors (Lipinski definition) is 0. The van der Waals surface area contributed by atoms with Gasteiger partial charge in [0, 0.05) is 13.1 Å². The number of likely N-dealkylation sites (tertiary alicyclic amines) is 1. The van der Waals surface area contributed by atoms with E-state index in [-0.39, 0.29) is 11.9 Å². The molecule has 0 spiro atoms. The number of amides is 1. The third kappa shape index (κ3) is 3.27. The molecule has 1 aromatic heterocycles. The lowest BCUT2D eigenvalue weighted by molar-refractivity contribution is -0.133. The number of para-hydroxylation sites is 1. The highest BCUT2D eigenvalue weighted by atomic mass is 16.5. The summed E-state index contributed by atoms with van der Waals surface area (Å²) in [6, 6.07) is 9.24. The van der Waals surface area contributed by atoms with Crippen LogP contribution in [0.1, 0.15) is 31.5 Å². The van der Waals surface area contributed by atoms with Crippen LogP contribution in [0.3, 0.4) is 0 Å². The van der Waals surface area contributed by atoms with Crippen LogP contribution >= 0.6 is 0 Å². The molecule has 1 saturated heterocycles. The van der Waals surface area contributed by atoms with Crippen LogP contribution in [-0.4, -0.2) is 38.9 Å². The van der Waals surface area contributed by atoms with Crippen molar-refractivity contribution in [2.45, 2.75) is 32.4 Å². The molecule has 1 aromatic carbocycles. The first-order valence-electron chi connectivity index (χ1n) is 7.61. The van der Waals surface area contributed by atoms with Crippen molar-refractivity contribution >= 4 is 5.91 Å². The normalized spacial score (nSPS) is 15.8. The molecule has 1 aliphatic rings. The van der Waals surface area contributed by atoms with Gasteiger partial charge in [-0.15, -0.1) is 5.10 Å². The van der Waals surface area contributed by atoms with Crippen LogP contribution in [0.4, 0.5) is 0 Å². The summed E-state index contributed by atoms with van der Waals surface area (Å²) in [5.41, 5.74) is 0.713. The van der Waals surface area contributed by atoms with E-state index < -0.39 is 0 Å². The molecule has 0 bridgehead atoms. The maximum absolute atomic E-state index is 12.3. The molecule has 1 amide bonds. The van der Waals surface area contributed by atoms with E-state index in [0.29, 0.717) is 12.3 Å². The summed E-state index contributed by atoms with van der Waals surface area (Å²) in [4.78, 5) is 14.2. The van der Waals surface area contributed by atoms with Crippen molar-refractivity contribution < 1.29 is 9.53 Å². The maximum Gasteiger partial charge on any atom is 0.247 e. The van der Waals surface area contributed by atoms with E-state index in [4.69, 9.17) is 4.74 Å². The first kappa shape index (κ1) is 14.6. The van der Waals surface area contributed by atoms with Gasteiger partial charge in [0.15, 0.2) is 0 Å². The lowest BCUT2D eigenvalue weighted by atomic mass is 10.3. The van der Waals surface area contributed by atoms with Gasteiger partial charge >= 0.3 is 0 Å². The number of carbonyl (C=O) groups excluding carboxylic acids is 1. The first-order chi connectivity index (χ1) is 10.7. The number of carbonyl (C=O) groups is 1. The highest BCUT2D eigenvalue weighted by Gasteiger charge is 2.25. The lowest BCUT2D eigenvalue weighted by Gasteiger charge is -2.19. The minimum absolute atomic E-state index is 0.109. The van der Waals surface area contributed by atoms with Crippen molar-refractivity contribution in [2.24, 2.45) is 0 Å². The van der Waals surface area contributed by atoms with Gasteiger partial charge in [-0.1, -0.05) is 23.4 Å². The van der Waals surface area contributed by atoms with Gasteiger partial charge < -0.3 is 9.64 Å². The molecule has 1 fully saturated rings. The fraction of sp³-hybridized carbons (Fsp3) is 0.438. The minimum Gasteiger partial charge on any atom is -0.487 e. The number of benzene rings is 1. The van der Waals surface area contributed by atoms with E-state index in [0.717, 1.165) is 31.7 Å². The van der Waals surface area contributed by atoms with Crippen LogP contribution in [0, 0.1) is 0 Å². The van der Waals surface area contributed by atoms with Crippen molar-refractivity contribution in [1.82, 2.24) is 19.9 Å². The second-order valence-corrected chi connectivity index (χ2v) is 5.50. The van der Waals surface area contributed by atoms with Gasteiger partial charge in [-0.2, -0.15) is 0 Å². The van der Waals surface area contributed by atoms with Crippen molar-refractivity contribution in [3.63, 3.8) is 0 Å². The van der Waals surface area contributed by atoms with E-state index >= 15 is 0 Å². The molecule has 3 rings (SSSR count). The monoisotopic (exact) mass is 300 g/mol. The average Bonchev–Trinajstić information content (AvgIpc) is 3.24. The fourth-order valence-corrected chi connectivity index (χ4v) is 2.56. The smallest absolute Gasteiger partial charge is 0.247 e. The molecule has 6 heteroatoms. The second kappa shape index (κ2) is 6.60. The number of rotatable bonds is 5. The van der Waals surface area contributed by atoms with E-state index in [2.05, 4.69) is 10.3 Å². The third-order valence-corrected chi connectivity index (χ3v) is 3.86. The number of hydrogen-bond acceptors (Lipinski definition) is 4. The molecule has 6 nitrogen and oxygen atoms in total. The van der Waals surface area contributed by atoms with E-state index in [1.54, 1.807) is 10.9 Å². The van der Waals surface area contributed by atoms with Gasteiger partial charge in [0.2, 0.25) is 5.91 Å². The highest BCUT2D eigenvalue weighted by molar-refractivity contribution is 5.80. The summed E-state index contributed by atoms with van der Waals surface area (Å²) in [5, 5.41) is 8.14. The fourth-order valence-electron chi connectivity index (χ4n) is 2.56. The summed E-state index contributed by atoms with van der Waals surface area (Å²) in [7, 11) is 0.